The Labute approximate surface area is 129 Å². The zero-order chi connectivity index (χ0) is 14.8. The van der Waals surface area contributed by atoms with Gasteiger partial charge in [-0.05, 0) is 47.2 Å². The first-order chi connectivity index (χ1) is 10.1. The van der Waals surface area contributed by atoms with Gasteiger partial charge in [-0.3, -0.25) is 0 Å². The van der Waals surface area contributed by atoms with Crippen LogP contribution in [0.4, 0.5) is 0 Å². The van der Waals surface area contributed by atoms with E-state index in [2.05, 4.69) is 20.5 Å². The van der Waals surface area contributed by atoms with E-state index in [0.29, 0.717) is 16.2 Å². The Morgan fingerprint density at radius 3 is 2.86 bits per heavy atom. The molecule has 1 N–H and O–H groups in total. The van der Waals surface area contributed by atoms with Gasteiger partial charge in [0.1, 0.15) is 10.2 Å². The van der Waals surface area contributed by atoms with Crippen LogP contribution < -0.4 is 0 Å². The van der Waals surface area contributed by atoms with Gasteiger partial charge in [0.05, 0.1) is 11.6 Å². The molecule has 0 atom stereocenters. The molecule has 9 heteroatoms. The molecule has 1 aliphatic rings. The number of rotatable bonds is 4. The highest BCUT2D eigenvalue weighted by Crippen LogP contribution is 2.33. The van der Waals surface area contributed by atoms with Crippen molar-refractivity contribution in [1.82, 2.24) is 25.2 Å². The number of pyridine rings is 1. The molecule has 1 saturated carbocycles. The number of aromatic carboxylic acids is 1. The lowest BCUT2D eigenvalue weighted by molar-refractivity contribution is 0.0696. The number of hydrogen-bond donors (Lipinski definition) is 1. The van der Waals surface area contributed by atoms with Crippen LogP contribution in [0.25, 0.3) is 0 Å². The van der Waals surface area contributed by atoms with E-state index in [4.69, 9.17) is 16.7 Å². The normalized spacial score (nSPS) is 15.5. The van der Waals surface area contributed by atoms with Gasteiger partial charge in [0, 0.05) is 0 Å². The lowest BCUT2D eigenvalue weighted by Gasteiger charge is -2.10. The van der Waals surface area contributed by atoms with E-state index in [9.17, 15) is 4.79 Å². The molecule has 7 nitrogen and oxygen atoms in total. The van der Waals surface area contributed by atoms with Gasteiger partial charge < -0.3 is 5.11 Å². The van der Waals surface area contributed by atoms with E-state index in [1.54, 1.807) is 4.68 Å². The molecule has 2 aromatic rings. The van der Waals surface area contributed by atoms with Crippen LogP contribution >= 0.6 is 23.4 Å². The van der Waals surface area contributed by atoms with E-state index in [1.165, 1.54) is 36.7 Å². The SMILES string of the molecule is O=C(O)c1cc(Cl)nc(Sc2nnnn2C2CCCC2)c1. The molecule has 2 aromatic heterocycles. The number of halogens is 1. The summed E-state index contributed by atoms with van der Waals surface area (Å²) in [6.07, 6.45) is 4.46. The summed E-state index contributed by atoms with van der Waals surface area (Å²) in [5.41, 5.74) is 0.0948. The maximum atomic E-state index is 11.0. The summed E-state index contributed by atoms with van der Waals surface area (Å²) in [6.45, 7) is 0. The van der Waals surface area contributed by atoms with Crippen molar-refractivity contribution in [2.45, 2.75) is 41.9 Å². The molecule has 0 aliphatic heterocycles. The Morgan fingerprint density at radius 1 is 1.38 bits per heavy atom. The lowest BCUT2D eigenvalue weighted by Crippen LogP contribution is -2.08. The van der Waals surface area contributed by atoms with Crippen molar-refractivity contribution < 1.29 is 9.90 Å². The number of carboxylic acid groups (broad SMARTS) is 1. The summed E-state index contributed by atoms with van der Waals surface area (Å²) in [4.78, 5) is 15.2. The van der Waals surface area contributed by atoms with E-state index in [1.807, 2.05) is 0 Å². The molecule has 0 aromatic carbocycles. The van der Waals surface area contributed by atoms with Crippen molar-refractivity contribution in [2.24, 2.45) is 0 Å². The molecule has 1 fully saturated rings. The van der Waals surface area contributed by atoms with Crippen molar-refractivity contribution in [3.63, 3.8) is 0 Å². The Morgan fingerprint density at radius 2 is 2.14 bits per heavy atom. The van der Waals surface area contributed by atoms with Crippen molar-refractivity contribution in [1.29, 1.82) is 0 Å². The fraction of sp³-hybridized carbons (Fsp3) is 0.417. The van der Waals surface area contributed by atoms with Crippen LogP contribution in [0, 0.1) is 0 Å². The zero-order valence-corrected chi connectivity index (χ0v) is 12.5. The van der Waals surface area contributed by atoms with E-state index in [-0.39, 0.29) is 10.7 Å². The molecular formula is C12H12ClN5O2S. The van der Waals surface area contributed by atoms with Crippen molar-refractivity contribution >= 4 is 29.3 Å². The van der Waals surface area contributed by atoms with Crippen LogP contribution in [0.5, 0.6) is 0 Å². The second-order valence-corrected chi connectivity index (χ2v) is 6.14. The molecular weight excluding hydrogens is 314 g/mol. The first kappa shape index (κ1) is 14.3. The summed E-state index contributed by atoms with van der Waals surface area (Å²) in [7, 11) is 0. The molecule has 0 radical (unpaired) electrons. The molecule has 1 aliphatic carbocycles. The highest BCUT2D eigenvalue weighted by molar-refractivity contribution is 7.99. The van der Waals surface area contributed by atoms with Gasteiger partial charge in [-0.2, -0.15) is 0 Å². The molecule has 21 heavy (non-hydrogen) atoms. The van der Waals surface area contributed by atoms with Gasteiger partial charge in [0.25, 0.3) is 0 Å². The highest BCUT2D eigenvalue weighted by atomic mass is 35.5. The van der Waals surface area contributed by atoms with Crippen LogP contribution in [0.1, 0.15) is 42.1 Å². The summed E-state index contributed by atoms with van der Waals surface area (Å²) in [6, 6.07) is 3.08. The smallest absolute Gasteiger partial charge is 0.335 e. The Kier molecular flexibility index (Phi) is 4.07. The number of carboxylic acids is 1. The molecule has 0 saturated heterocycles. The number of aromatic nitrogens is 5. The monoisotopic (exact) mass is 325 g/mol. The minimum atomic E-state index is -1.04. The molecule has 2 heterocycles. The van der Waals surface area contributed by atoms with Gasteiger partial charge >= 0.3 is 5.97 Å². The third-order valence-electron chi connectivity index (χ3n) is 3.35. The van der Waals surface area contributed by atoms with Crippen LogP contribution in [-0.4, -0.2) is 36.3 Å². The average molecular weight is 326 g/mol. The zero-order valence-electron chi connectivity index (χ0n) is 10.9. The van der Waals surface area contributed by atoms with E-state index in [0.717, 1.165) is 12.8 Å². The summed E-state index contributed by atoms with van der Waals surface area (Å²) >= 11 is 7.08. The predicted molar refractivity (Wildman–Crippen MR) is 75.7 cm³/mol. The van der Waals surface area contributed by atoms with Gasteiger partial charge in [0.15, 0.2) is 0 Å². The van der Waals surface area contributed by atoms with Crippen LogP contribution in [0.15, 0.2) is 22.3 Å². The quantitative estimate of drug-likeness (QED) is 0.863. The lowest BCUT2D eigenvalue weighted by atomic mass is 10.3. The molecule has 0 unspecified atom stereocenters. The molecule has 0 amide bonds. The first-order valence-electron chi connectivity index (χ1n) is 6.50. The predicted octanol–water partition coefficient (Wildman–Crippen LogP) is 2.69. The molecule has 0 bridgehead atoms. The van der Waals surface area contributed by atoms with Gasteiger partial charge in [-0.15, -0.1) is 5.10 Å². The highest BCUT2D eigenvalue weighted by Gasteiger charge is 2.22. The third-order valence-corrected chi connectivity index (χ3v) is 4.41. The summed E-state index contributed by atoms with van der Waals surface area (Å²) in [5.74, 6) is -1.04. The largest absolute Gasteiger partial charge is 0.478 e. The first-order valence-corrected chi connectivity index (χ1v) is 7.69. The van der Waals surface area contributed by atoms with Gasteiger partial charge in [-0.1, -0.05) is 24.4 Å². The van der Waals surface area contributed by atoms with E-state index >= 15 is 0 Å². The summed E-state index contributed by atoms with van der Waals surface area (Å²) < 4.78 is 1.79. The van der Waals surface area contributed by atoms with Gasteiger partial charge in [0.2, 0.25) is 5.16 Å². The van der Waals surface area contributed by atoms with Crippen molar-refractivity contribution in [3.05, 3.63) is 22.8 Å². The Hall–Kier alpha value is -1.67. The van der Waals surface area contributed by atoms with E-state index < -0.39 is 5.97 Å². The topological polar surface area (TPSA) is 93.8 Å². The third kappa shape index (κ3) is 3.16. The maximum absolute atomic E-state index is 11.0. The minimum absolute atomic E-state index is 0.0948. The number of nitrogens with zero attached hydrogens (tertiary/aromatic N) is 5. The van der Waals surface area contributed by atoms with Crippen LogP contribution in [0.2, 0.25) is 5.15 Å². The fourth-order valence-corrected chi connectivity index (χ4v) is 3.50. The molecule has 110 valence electrons. The molecule has 3 rings (SSSR count). The standard InChI is InChI=1S/C12H12ClN5O2S/c13-9-5-7(11(19)20)6-10(14-9)21-12-15-16-17-18(12)8-3-1-2-4-8/h5-6,8H,1-4H2,(H,19,20). The second-order valence-electron chi connectivity index (χ2n) is 4.77. The van der Waals surface area contributed by atoms with Gasteiger partial charge in [-0.25, -0.2) is 14.5 Å². The fourth-order valence-electron chi connectivity index (χ4n) is 2.37. The Balaban J connectivity index is 1.87. The second kappa shape index (κ2) is 5.98. The summed E-state index contributed by atoms with van der Waals surface area (Å²) in [5, 5.41) is 22.0. The molecule has 0 spiro atoms. The van der Waals surface area contributed by atoms with Crippen molar-refractivity contribution in [2.75, 3.05) is 0 Å². The number of tetrazole rings is 1. The van der Waals surface area contributed by atoms with Crippen LogP contribution in [0.3, 0.4) is 0 Å². The van der Waals surface area contributed by atoms with Crippen LogP contribution in [-0.2, 0) is 0 Å². The Bertz CT molecular complexity index is 671. The number of hydrogen-bond acceptors (Lipinski definition) is 6. The van der Waals surface area contributed by atoms with Crippen molar-refractivity contribution in [3.8, 4) is 0 Å². The average Bonchev–Trinajstić information content (AvgIpc) is 3.08. The maximum Gasteiger partial charge on any atom is 0.335 e. The number of carbonyl (C=O) groups is 1. The minimum Gasteiger partial charge on any atom is -0.478 e.